The van der Waals surface area contributed by atoms with Gasteiger partial charge in [-0.05, 0) is 47.2 Å². The molecule has 3 rings (SSSR count). The van der Waals surface area contributed by atoms with E-state index in [0.717, 1.165) is 12.8 Å². The summed E-state index contributed by atoms with van der Waals surface area (Å²) in [5.74, 6) is -0.380. The predicted molar refractivity (Wildman–Crippen MR) is 75.0 cm³/mol. The molecular weight excluding hydrogens is 290 g/mol. The molecule has 0 N–H and O–H groups in total. The highest BCUT2D eigenvalue weighted by Gasteiger charge is 2.22. The van der Waals surface area contributed by atoms with Crippen LogP contribution >= 0.6 is 11.8 Å². The maximum atomic E-state index is 11.5. The second kappa shape index (κ2) is 6.21. The molecule has 21 heavy (non-hydrogen) atoms. The molecule has 0 unspecified atom stereocenters. The molecule has 1 fully saturated rings. The number of pyridine rings is 1. The number of tetrazole rings is 1. The van der Waals surface area contributed by atoms with Crippen LogP contribution in [0.1, 0.15) is 42.1 Å². The summed E-state index contributed by atoms with van der Waals surface area (Å²) in [5, 5.41) is 13.3. The Morgan fingerprint density at radius 1 is 1.43 bits per heavy atom. The van der Waals surface area contributed by atoms with Gasteiger partial charge in [0.2, 0.25) is 5.16 Å². The average Bonchev–Trinajstić information content (AvgIpc) is 3.17. The van der Waals surface area contributed by atoms with Gasteiger partial charge in [0.15, 0.2) is 0 Å². The zero-order valence-electron chi connectivity index (χ0n) is 11.6. The zero-order chi connectivity index (χ0) is 14.7. The van der Waals surface area contributed by atoms with Crippen LogP contribution in [0.25, 0.3) is 0 Å². The van der Waals surface area contributed by atoms with Gasteiger partial charge in [0, 0.05) is 6.20 Å². The van der Waals surface area contributed by atoms with E-state index in [4.69, 9.17) is 4.74 Å². The SMILES string of the molecule is COC(=O)c1ccnc(Sc2nnnn2C2CCCC2)c1. The third-order valence-electron chi connectivity index (χ3n) is 3.48. The molecule has 0 aliphatic heterocycles. The van der Waals surface area contributed by atoms with Crippen molar-refractivity contribution in [1.82, 2.24) is 25.2 Å². The Bertz CT molecular complexity index is 639. The van der Waals surface area contributed by atoms with Crippen molar-refractivity contribution in [2.75, 3.05) is 7.11 Å². The molecule has 0 bridgehead atoms. The Kier molecular flexibility index (Phi) is 4.14. The van der Waals surface area contributed by atoms with Gasteiger partial charge in [0.05, 0.1) is 18.7 Å². The molecule has 2 aromatic rings. The van der Waals surface area contributed by atoms with Crippen molar-refractivity contribution in [2.24, 2.45) is 0 Å². The highest BCUT2D eigenvalue weighted by atomic mass is 32.2. The van der Waals surface area contributed by atoms with Crippen molar-refractivity contribution in [2.45, 2.75) is 41.9 Å². The molecule has 0 radical (unpaired) electrons. The first-order valence-electron chi connectivity index (χ1n) is 6.78. The first-order valence-corrected chi connectivity index (χ1v) is 7.59. The van der Waals surface area contributed by atoms with Gasteiger partial charge in [0.25, 0.3) is 0 Å². The summed E-state index contributed by atoms with van der Waals surface area (Å²) in [6.07, 6.45) is 6.22. The number of carbonyl (C=O) groups excluding carboxylic acids is 1. The molecule has 0 amide bonds. The number of rotatable bonds is 4. The molecule has 7 nitrogen and oxygen atoms in total. The smallest absolute Gasteiger partial charge is 0.337 e. The third kappa shape index (κ3) is 3.05. The van der Waals surface area contributed by atoms with Crippen LogP contribution in [0.3, 0.4) is 0 Å². The summed E-state index contributed by atoms with van der Waals surface area (Å²) in [6, 6.07) is 3.67. The number of methoxy groups -OCH3 is 1. The Balaban J connectivity index is 1.81. The molecule has 2 aromatic heterocycles. The molecule has 8 heteroatoms. The van der Waals surface area contributed by atoms with Gasteiger partial charge >= 0.3 is 5.97 Å². The molecule has 110 valence electrons. The molecule has 0 spiro atoms. The minimum atomic E-state index is -0.380. The van der Waals surface area contributed by atoms with Crippen LogP contribution in [0.2, 0.25) is 0 Å². The van der Waals surface area contributed by atoms with E-state index in [1.165, 1.54) is 31.7 Å². The lowest BCUT2D eigenvalue weighted by atomic mass is 10.3. The van der Waals surface area contributed by atoms with Crippen molar-refractivity contribution < 1.29 is 9.53 Å². The fourth-order valence-corrected chi connectivity index (χ4v) is 3.28. The van der Waals surface area contributed by atoms with E-state index < -0.39 is 0 Å². The normalized spacial score (nSPS) is 15.3. The van der Waals surface area contributed by atoms with Gasteiger partial charge < -0.3 is 4.74 Å². The van der Waals surface area contributed by atoms with Crippen LogP contribution in [-0.4, -0.2) is 38.3 Å². The second-order valence-electron chi connectivity index (χ2n) is 4.82. The van der Waals surface area contributed by atoms with Gasteiger partial charge in [-0.15, -0.1) is 5.10 Å². The second-order valence-corrected chi connectivity index (χ2v) is 5.81. The molecule has 1 aliphatic carbocycles. The van der Waals surface area contributed by atoms with E-state index in [-0.39, 0.29) is 5.97 Å². The van der Waals surface area contributed by atoms with Crippen molar-refractivity contribution in [3.05, 3.63) is 23.9 Å². The number of nitrogens with zero attached hydrogens (tertiary/aromatic N) is 5. The fourth-order valence-electron chi connectivity index (χ4n) is 2.43. The van der Waals surface area contributed by atoms with Gasteiger partial charge in [-0.25, -0.2) is 14.5 Å². The minimum Gasteiger partial charge on any atom is -0.465 e. The molecule has 0 atom stereocenters. The Labute approximate surface area is 126 Å². The van der Waals surface area contributed by atoms with Crippen LogP contribution in [0, 0.1) is 0 Å². The number of aromatic nitrogens is 5. The summed E-state index contributed by atoms with van der Waals surface area (Å²) < 4.78 is 6.58. The summed E-state index contributed by atoms with van der Waals surface area (Å²) >= 11 is 1.36. The Hall–Kier alpha value is -1.96. The van der Waals surface area contributed by atoms with Crippen LogP contribution in [0.5, 0.6) is 0 Å². The number of hydrogen-bond acceptors (Lipinski definition) is 7. The number of esters is 1. The van der Waals surface area contributed by atoms with E-state index in [2.05, 4.69) is 20.5 Å². The quantitative estimate of drug-likeness (QED) is 0.800. The summed E-state index contributed by atoms with van der Waals surface area (Å²) in [7, 11) is 1.36. The molecule has 1 aliphatic rings. The van der Waals surface area contributed by atoms with Gasteiger partial charge in [-0.1, -0.05) is 12.8 Å². The van der Waals surface area contributed by atoms with Crippen LogP contribution in [0.4, 0.5) is 0 Å². The molecule has 2 heterocycles. The predicted octanol–water partition coefficient (Wildman–Crippen LogP) is 2.12. The van der Waals surface area contributed by atoms with E-state index >= 15 is 0 Å². The standard InChI is InChI=1S/C13H15N5O2S/c1-20-12(19)9-6-7-14-11(8-9)21-13-15-16-17-18(13)10-4-2-3-5-10/h6-8,10H,2-5H2,1H3. The molecule has 0 saturated heterocycles. The maximum Gasteiger partial charge on any atom is 0.337 e. The lowest BCUT2D eigenvalue weighted by Crippen LogP contribution is -2.08. The van der Waals surface area contributed by atoms with Crippen molar-refractivity contribution >= 4 is 17.7 Å². The van der Waals surface area contributed by atoms with Crippen LogP contribution in [-0.2, 0) is 4.74 Å². The monoisotopic (exact) mass is 305 g/mol. The van der Waals surface area contributed by atoms with Gasteiger partial charge in [-0.3, -0.25) is 0 Å². The molecule has 0 aromatic carbocycles. The Morgan fingerprint density at radius 2 is 2.24 bits per heavy atom. The fraction of sp³-hybridized carbons (Fsp3) is 0.462. The first kappa shape index (κ1) is 14.0. The number of carbonyl (C=O) groups is 1. The highest BCUT2D eigenvalue weighted by molar-refractivity contribution is 7.99. The van der Waals surface area contributed by atoms with Gasteiger partial charge in [0.1, 0.15) is 5.03 Å². The van der Waals surface area contributed by atoms with Crippen molar-refractivity contribution in [1.29, 1.82) is 0 Å². The third-order valence-corrected chi connectivity index (χ3v) is 4.37. The lowest BCUT2D eigenvalue weighted by Gasteiger charge is -2.10. The highest BCUT2D eigenvalue weighted by Crippen LogP contribution is 2.33. The maximum absolute atomic E-state index is 11.5. The largest absolute Gasteiger partial charge is 0.465 e. The van der Waals surface area contributed by atoms with Crippen molar-refractivity contribution in [3.63, 3.8) is 0 Å². The average molecular weight is 305 g/mol. The van der Waals surface area contributed by atoms with E-state index in [9.17, 15) is 4.79 Å². The summed E-state index contributed by atoms with van der Waals surface area (Å²) in [6.45, 7) is 0. The van der Waals surface area contributed by atoms with E-state index in [1.807, 2.05) is 4.68 Å². The summed E-state index contributed by atoms with van der Waals surface area (Å²) in [5.41, 5.74) is 0.467. The topological polar surface area (TPSA) is 82.8 Å². The van der Waals surface area contributed by atoms with Crippen molar-refractivity contribution in [3.8, 4) is 0 Å². The Morgan fingerprint density at radius 3 is 3.00 bits per heavy atom. The van der Waals surface area contributed by atoms with Gasteiger partial charge in [-0.2, -0.15) is 0 Å². The zero-order valence-corrected chi connectivity index (χ0v) is 12.4. The molecule has 1 saturated carbocycles. The molecular formula is C13H15N5O2S. The minimum absolute atomic E-state index is 0.367. The number of ether oxygens (including phenoxy) is 1. The first-order chi connectivity index (χ1) is 10.3. The van der Waals surface area contributed by atoms with E-state index in [1.54, 1.807) is 18.3 Å². The van der Waals surface area contributed by atoms with E-state index in [0.29, 0.717) is 21.8 Å². The lowest BCUT2D eigenvalue weighted by molar-refractivity contribution is 0.0600. The van der Waals surface area contributed by atoms with Crippen LogP contribution in [0.15, 0.2) is 28.5 Å². The summed E-state index contributed by atoms with van der Waals surface area (Å²) in [4.78, 5) is 15.8. The van der Waals surface area contributed by atoms with Crippen LogP contribution < -0.4 is 0 Å². The number of hydrogen-bond donors (Lipinski definition) is 0.